The lowest BCUT2D eigenvalue weighted by Crippen LogP contribution is -2.55. The summed E-state index contributed by atoms with van der Waals surface area (Å²) in [6.07, 6.45) is 3.41. The standard InChI is InChI=1S/C17H20N2O2/c1-13-5-3-4-6-16(13)19-9-14(2)18(11-17(19)20)10-15-7-8-21-12-15/h3-8,12,14H,9-11H2,1-2H3/t14-/m1/s1. The Balaban J connectivity index is 1.75. The molecule has 1 atom stereocenters. The Morgan fingerprint density at radius 1 is 1.29 bits per heavy atom. The third kappa shape index (κ3) is 2.85. The van der Waals surface area contributed by atoms with Gasteiger partial charge in [0.1, 0.15) is 0 Å². The minimum absolute atomic E-state index is 0.158. The molecule has 0 saturated carbocycles. The number of hydrogen-bond acceptors (Lipinski definition) is 3. The van der Waals surface area contributed by atoms with Crippen molar-refractivity contribution in [3.05, 3.63) is 54.0 Å². The molecule has 1 aliphatic rings. The highest BCUT2D eigenvalue weighted by molar-refractivity contribution is 5.96. The van der Waals surface area contributed by atoms with Gasteiger partial charge in [-0.2, -0.15) is 0 Å². The highest BCUT2D eigenvalue weighted by atomic mass is 16.3. The third-order valence-corrected chi connectivity index (χ3v) is 4.08. The lowest BCUT2D eigenvalue weighted by Gasteiger charge is -2.39. The summed E-state index contributed by atoms with van der Waals surface area (Å²) in [7, 11) is 0. The van der Waals surface area contributed by atoms with Crippen molar-refractivity contribution in [2.24, 2.45) is 0 Å². The highest BCUT2D eigenvalue weighted by Gasteiger charge is 2.30. The molecule has 2 heterocycles. The molecule has 110 valence electrons. The molecular formula is C17H20N2O2. The maximum Gasteiger partial charge on any atom is 0.241 e. The summed E-state index contributed by atoms with van der Waals surface area (Å²) < 4.78 is 5.10. The SMILES string of the molecule is Cc1ccccc1N1C[C@@H](C)N(Cc2ccoc2)CC1=O. The van der Waals surface area contributed by atoms with Crippen molar-refractivity contribution in [3.63, 3.8) is 0 Å². The van der Waals surface area contributed by atoms with Crippen LogP contribution in [0.2, 0.25) is 0 Å². The Hall–Kier alpha value is -2.07. The van der Waals surface area contributed by atoms with Crippen molar-refractivity contribution < 1.29 is 9.21 Å². The summed E-state index contributed by atoms with van der Waals surface area (Å²) in [6.45, 7) is 6.14. The van der Waals surface area contributed by atoms with Crippen molar-refractivity contribution in [3.8, 4) is 0 Å². The molecular weight excluding hydrogens is 264 g/mol. The molecule has 0 radical (unpaired) electrons. The molecule has 1 saturated heterocycles. The van der Waals surface area contributed by atoms with E-state index in [0.29, 0.717) is 12.6 Å². The number of nitrogens with zero attached hydrogens (tertiary/aromatic N) is 2. The van der Waals surface area contributed by atoms with Crippen molar-refractivity contribution in [2.45, 2.75) is 26.4 Å². The topological polar surface area (TPSA) is 36.7 Å². The number of amides is 1. The van der Waals surface area contributed by atoms with Gasteiger partial charge in [-0.25, -0.2) is 0 Å². The Morgan fingerprint density at radius 3 is 2.81 bits per heavy atom. The monoisotopic (exact) mass is 284 g/mol. The van der Waals surface area contributed by atoms with E-state index in [0.717, 1.165) is 29.9 Å². The summed E-state index contributed by atoms with van der Waals surface area (Å²) in [5, 5.41) is 0. The van der Waals surface area contributed by atoms with Crippen LogP contribution in [0.5, 0.6) is 0 Å². The predicted molar refractivity (Wildman–Crippen MR) is 82.1 cm³/mol. The number of para-hydroxylation sites is 1. The average Bonchev–Trinajstić information content (AvgIpc) is 2.96. The second-order valence-corrected chi connectivity index (χ2v) is 5.68. The number of aryl methyl sites for hydroxylation is 1. The lowest BCUT2D eigenvalue weighted by atomic mass is 10.1. The maximum atomic E-state index is 12.5. The van der Waals surface area contributed by atoms with Crippen LogP contribution in [0.1, 0.15) is 18.1 Å². The van der Waals surface area contributed by atoms with E-state index < -0.39 is 0 Å². The van der Waals surface area contributed by atoms with Crippen LogP contribution in [0.4, 0.5) is 5.69 Å². The van der Waals surface area contributed by atoms with Crippen LogP contribution in [0.25, 0.3) is 0 Å². The predicted octanol–water partition coefficient (Wildman–Crippen LogP) is 2.83. The van der Waals surface area contributed by atoms with E-state index in [1.165, 1.54) is 0 Å². The molecule has 2 aromatic rings. The fourth-order valence-electron chi connectivity index (χ4n) is 2.82. The Bertz CT molecular complexity index is 621. The van der Waals surface area contributed by atoms with Gasteiger partial charge in [-0.15, -0.1) is 0 Å². The van der Waals surface area contributed by atoms with Gasteiger partial charge in [0.05, 0.1) is 19.1 Å². The van der Waals surface area contributed by atoms with E-state index in [9.17, 15) is 4.79 Å². The molecule has 1 aliphatic heterocycles. The Kier molecular flexibility index (Phi) is 3.80. The molecule has 4 nitrogen and oxygen atoms in total. The van der Waals surface area contributed by atoms with E-state index >= 15 is 0 Å². The van der Waals surface area contributed by atoms with Crippen LogP contribution in [-0.2, 0) is 11.3 Å². The van der Waals surface area contributed by atoms with E-state index in [2.05, 4.69) is 11.8 Å². The second-order valence-electron chi connectivity index (χ2n) is 5.68. The molecule has 0 spiro atoms. The second kappa shape index (κ2) is 5.74. The number of furan rings is 1. The van der Waals surface area contributed by atoms with Crippen LogP contribution < -0.4 is 4.90 Å². The summed E-state index contributed by atoms with van der Waals surface area (Å²) in [4.78, 5) is 16.6. The summed E-state index contributed by atoms with van der Waals surface area (Å²) in [5.74, 6) is 0.158. The zero-order valence-electron chi connectivity index (χ0n) is 12.5. The lowest BCUT2D eigenvalue weighted by molar-refractivity contribution is -0.122. The first-order chi connectivity index (χ1) is 10.1. The first-order valence-electron chi connectivity index (χ1n) is 7.26. The fourth-order valence-corrected chi connectivity index (χ4v) is 2.82. The van der Waals surface area contributed by atoms with Gasteiger partial charge in [0.25, 0.3) is 0 Å². The molecule has 0 bridgehead atoms. The Morgan fingerprint density at radius 2 is 2.10 bits per heavy atom. The number of benzene rings is 1. The van der Waals surface area contributed by atoms with E-state index in [4.69, 9.17) is 4.42 Å². The normalized spacial score (nSPS) is 20.0. The number of carbonyl (C=O) groups excluding carboxylic acids is 1. The van der Waals surface area contributed by atoms with Gasteiger partial charge in [-0.3, -0.25) is 9.69 Å². The summed E-state index contributed by atoms with van der Waals surface area (Å²) >= 11 is 0. The third-order valence-electron chi connectivity index (χ3n) is 4.08. The first kappa shape index (κ1) is 13.9. The van der Waals surface area contributed by atoms with E-state index in [1.54, 1.807) is 12.5 Å². The highest BCUT2D eigenvalue weighted by Crippen LogP contribution is 2.24. The molecule has 1 fully saturated rings. The summed E-state index contributed by atoms with van der Waals surface area (Å²) in [5.41, 5.74) is 3.28. The number of hydrogen-bond donors (Lipinski definition) is 0. The van der Waals surface area contributed by atoms with Crippen LogP contribution in [0, 0.1) is 6.92 Å². The molecule has 1 aromatic carbocycles. The zero-order chi connectivity index (χ0) is 14.8. The molecule has 1 amide bonds. The number of rotatable bonds is 3. The van der Waals surface area contributed by atoms with Crippen LogP contribution in [-0.4, -0.2) is 29.9 Å². The largest absolute Gasteiger partial charge is 0.472 e. The van der Waals surface area contributed by atoms with Crippen LogP contribution in [0.15, 0.2) is 47.3 Å². The van der Waals surface area contributed by atoms with E-state index in [-0.39, 0.29) is 5.91 Å². The molecule has 0 N–H and O–H groups in total. The van der Waals surface area contributed by atoms with Crippen molar-refractivity contribution in [1.82, 2.24) is 4.90 Å². The molecule has 3 rings (SSSR count). The quantitative estimate of drug-likeness (QED) is 0.869. The van der Waals surface area contributed by atoms with Gasteiger partial charge < -0.3 is 9.32 Å². The molecule has 4 heteroatoms. The zero-order valence-corrected chi connectivity index (χ0v) is 12.5. The number of piperazine rings is 1. The minimum Gasteiger partial charge on any atom is -0.472 e. The minimum atomic E-state index is 0.158. The van der Waals surface area contributed by atoms with Crippen molar-refractivity contribution in [2.75, 3.05) is 18.0 Å². The average molecular weight is 284 g/mol. The van der Waals surface area contributed by atoms with E-state index in [1.807, 2.05) is 42.2 Å². The fraction of sp³-hybridized carbons (Fsp3) is 0.353. The van der Waals surface area contributed by atoms with Crippen molar-refractivity contribution in [1.29, 1.82) is 0 Å². The smallest absolute Gasteiger partial charge is 0.241 e. The van der Waals surface area contributed by atoms with Gasteiger partial charge in [0, 0.05) is 30.4 Å². The van der Waals surface area contributed by atoms with Gasteiger partial charge in [-0.1, -0.05) is 18.2 Å². The molecule has 0 aliphatic carbocycles. The number of anilines is 1. The summed E-state index contributed by atoms with van der Waals surface area (Å²) in [6, 6.07) is 10.3. The number of carbonyl (C=O) groups is 1. The molecule has 21 heavy (non-hydrogen) atoms. The van der Waals surface area contributed by atoms with Gasteiger partial charge in [0.2, 0.25) is 5.91 Å². The maximum absolute atomic E-state index is 12.5. The van der Waals surface area contributed by atoms with Crippen molar-refractivity contribution >= 4 is 11.6 Å². The van der Waals surface area contributed by atoms with Gasteiger partial charge in [-0.05, 0) is 31.5 Å². The van der Waals surface area contributed by atoms with Gasteiger partial charge >= 0.3 is 0 Å². The first-order valence-corrected chi connectivity index (χ1v) is 7.26. The van der Waals surface area contributed by atoms with Gasteiger partial charge in [0.15, 0.2) is 0 Å². The Labute approximate surface area is 125 Å². The molecule has 0 unspecified atom stereocenters. The van der Waals surface area contributed by atoms with Crippen LogP contribution >= 0.6 is 0 Å². The molecule has 1 aromatic heterocycles. The van der Waals surface area contributed by atoms with Crippen LogP contribution in [0.3, 0.4) is 0 Å².